The lowest BCUT2D eigenvalue weighted by Gasteiger charge is -2.44. The van der Waals surface area contributed by atoms with Crippen LogP contribution in [0.3, 0.4) is 0 Å². The molecule has 1 N–H and O–H groups in total. The molecule has 4 aromatic rings. The third kappa shape index (κ3) is 4.50. The molecule has 0 radical (unpaired) electrons. The lowest BCUT2D eigenvalue weighted by molar-refractivity contribution is -0.0558. The first-order chi connectivity index (χ1) is 16.6. The fourth-order valence-corrected chi connectivity index (χ4v) is 5.78. The van der Waals surface area contributed by atoms with Gasteiger partial charge in [-0.15, -0.1) is 0 Å². The highest BCUT2D eigenvalue weighted by Gasteiger charge is 2.41. The van der Waals surface area contributed by atoms with Gasteiger partial charge >= 0.3 is 0 Å². The van der Waals surface area contributed by atoms with Gasteiger partial charge in [0.2, 0.25) is 0 Å². The Morgan fingerprint density at radius 2 is 1.35 bits per heavy atom. The van der Waals surface area contributed by atoms with E-state index < -0.39 is 5.54 Å². The summed E-state index contributed by atoms with van der Waals surface area (Å²) in [6, 6.07) is 32.0. The molecule has 0 amide bonds. The molecule has 1 atom stereocenters. The van der Waals surface area contributed by atoms with E-state index in [2.05, 4.69) is 133 Å². The largest absolute Gasteiger partial charge is 0.381 e. The highest BCUT2D eigenvalue weighted by atomic mass is 79.9. The normalized spacial score (nSPS) is 15.1. The summed E-state index contributed by atoms with van der Waals surface area (Å²) in [4.78, 5) is 0. The Hall–Kier alpha value is -1.96. The minimum absolute atomic E-state index is 0.0635. The summed E-state index contributed by atoms with van der Waals surface area (Å²) in [5.74, 6) is 0.337. The van der Waals surface area contributed by atoms with E-state index in [4.69, 9.17) is 16.3 Å². The van der Waals surface area contributed by atoms with Crippen LogP contribution in [0.5, 0.6) is 0 Å². The second-order valence-electron chi connectivity index (χ2n) is 8.47. The van der Waals surface area contributed by atoms with Crippen LogP contribution in [-0.4, -0.2) is 29.0 Å². The molecule has 1 aromatic heterocycles. The van der Waals surface area contributed by atoms with Crippen LogP contribution < -0.4 is 5.32 Å². The van der Waals surface area contributed by atoms with Crippen LogP contribution in [0.2, 0.25) is 5.02 Å². The molecule has 7 heteroatoms. The number of hydrogen-bond acceptors (Lipinski definition) is 3. The van der Waals surface area contributed by atoms with Gasteiger partial charge in [0.1, 0.15) is 14.2 Å². The first-order valence-electron chi connectivity index (χ1n) is 11.2. The number of nitrogens with one attached hydrogen (secondary N) is 1. The molecule has 4 nitrogen and oxygen atoms in total. The van der Waals surface area contributed by atoms with Gasteiger partial charge in [0.15, 0.2) is 0 Å². The summed E-state index contributed by atoms with van der Waals surface area (Å²) in [6.45, 7) is 2.05. The zero-order valence-corrected chi connectivity index (χ0v) is 22.3. The second kappa shape index (κ2) is 10.3. The Morgan fingerprint density at radius 3 is 1.71 bits per heavy atom. The molecule has 1 saturated heterocycles. The Balaban J connectivity index is 1.66. The van der Waals surface area contributed by atoms with Gasteiger partial charge in [-0.25, -0.2) is 0 Å². The Bertz CT molecular complexity index is 1130. The third-order valence-corrected chi connectivity index (χ3v) is 8.60. The Morgan fingerprint density at radius 1 is 0.882 bits per heavy atom. The summed E-state index contributed by atoms with van der Waals surface area (Å²) in [7, 11) is 0. The topological polar surface area (TPSA) is 39.1 Å². The van der Waals surface area contributed by atoms with E-state index in [1.165, 1.54) is 16.7 Å². The van der Waals surface area contributed by atoms with Crippen molar-refractivity contribution in [3.8, 4) is 0 Å². The number of ether oxygens (including phenoxy) is 1. The molecular weight excluding hydrogens is 578 g/mol. The first kappa shape index (κ1) is 23.8. The van der Waals surface area contributed by atoms with Gasteiger partial charge in [-0.2, -0.15) is 5.10 Å². The number of aromatic nitrogens is 2. The lowest BCUT2D eigenvalue weighted by Crippen LogP contribution is -2.57. The van der Waals surface area contributed by atoms with Crippen LogP contribution in [0.4, 0.5) is 0 Å². The van der Waals surface area contributed by atoms with Crippen LogP contribution in [0, 0.1) is 5.92 Å². The molecule has 3 aromatic carbocycles. The average Bonchev–Trinajstić information content (AvgIpc) is 3.09. The van der Waals surface area contributed by atoms with Gasteiger partial charge in [0.25, 0.3) is 0 Å². The van der Waals surface area contributed by atoms with E-state index in [0.29, 0.717) is 35.3 Å². The Labute approximate surface area is 221 Å². The molecule has 0 spiro atoms. The highest BCUT2D eigenvalue weighted by Crippen LogP contribution is 2.39. The highest BCUT2D eigenvalue weighted by molar-refractivity contribution is 9.11. The number of benzene rings is 3. The molecule has 5 rings (SSSR count). The minimum atomic E-state index is -0.565. The number of hydrogen-bond donors (Lipinski definition) is 1. The molecule has 1 aliphatic heterocycles. The Kier molecular flexibility index (Phi) is 7.23. The molecule has 174 valence electrons. The number of halogens is 3. The lowest BCUT2D eigenvalue weighted by atomic mass is 9.75. The second-order valence-corrected chi connectivity index (χ2v) is 10.4. The van der Waals surface area contributed by atoms with Gasteiger partial charge < -0.3 is 4.74 Å². The monoisotopic (exact) mass is 599 g/mol. The fraction of sp³-hybridized carbons (Fsp3) is 0.222. The molecular formula is C27H24Br2ClN3O. The quantitative estimate of drug-likeness (QED) is 0.230. The van der Waals surface area contributed by atoms with Crippen molar-refractivity contribution in [3.05, 3.63) is 122 Å². The molecule has 1 aliphatic rings. The van der Waals surface area contributed by atoms with Crippen molar-refractivity contribution in [3.63, 3.8) is 0 Å². The van der Waals surface area contributed by atoms with Crippen molar-refractivity contribution >= 4 is 43.5 Å². The molecule has 2 heterocycles. The predicted molar refractivity (Wildman–Crippen MR) is 143 cm³/mol. The van der Waals surface area contributed by atoms with Crippen molar-refractivity contribution < 1.29 is 4.74 Å². The predicted octanol–water partition coefficient (Wildman–Crippen LogP) is 6.66. The SMILES string of the molecule is Clc1c(Br)nn(CC(NC(c2ccccc2)(c2ccccc2)c2ccccc2)C2COC2)c1Br. The molecule has 0 aliphatic carbocycles. The van der Waals surface area contributed by atoms with Crippen molar-refractivity contribution in [1.29, 1.82) is 0 Å². The van der Waals surface area contributed by atoms with Gasteiger partial charge in [0, 0.05) is 12.0 Å². The van der Waals surface area contributed by atoms with E-state index in [1.54, 1.807) is 0 Å². The van der Waals surface area contributed by atoms with Crippen molar-refractivity contribution in [2.75, 3.05) is 13.2 Å². The van der Waals surface area contributed by atoms with E-state index in [-0.39, 0.29) is 6.04 Å². The van der Waals surface area contributed by atoms with Crippen LogP contribution >= 0.6 is 43.5 Å². The maximum atomic E-state index is 6.41. The molecule has 0 bridgehead atoms. The minimum Gasteiger partial charge on any atom is -0.381 e. The van der Waals surface area contributed by atoms with E-state index in [1.807, 2.05) is 4.68 Å². The smallest absolute Gasteiger partial charge is 0.147 e. The van der Waals surface area contributed by atoms with Gasteiger partial charge in [-0.05, 0) is 48.6 Å². The molecule has 1 fully saturated rings. The van der Waals surface area contributed by atoms with Gasteiger partial charge in [0.05, 0.1) is 25.3 Å². The summed E-state index contributed by atoms with van der Waals surface area (Å²) >= 11 is 13.5. The van der Waals surface area contributed by atoms with Crippen LogP contribution in [0.1, 0.15) is 16.7 Å². The van der Waals surface area contributed by atoms with E-state index in [9.17, 15) is 0 Å². The van der Waals surface area contributed by atoms with Crippen molar-refractivity contribution in [2.45, 2.75) is 18.1 Å². The maximum absolute atomic E-state index is 6.41. The van der Waals surface area contributed by atoms with E-state index >= 15 is 0 Å². The molecule has 1 unspecified atom stereocenters. The first-order valence-corrected chi connectivity index (χ1v) is 13.2. The van der Waals surface area contributed by atoms with E-state index in [0.717, 1.165) is 4.60 Å². The third-order valence-electron chi connectivity index (χ3n) is 6.42. The summed E-state index contributed by atoms with van der Waals surface area (Å²) < 4.78 is 8.93. The number of nitrogens with zero attached hydrogens (tertiary/aromatic N) is 2. The van der Waals surface area contributed by atoms with Crippen LogP contribution in [-0.2, 0) is 16.8 Å². The van der Waals surface area contributed by atoms with Gasteiger partial charge in [-0.1, -0.05) is 103 Å². The van der Waals surface area contributed by atoms with Crippen molar-refractivity contribution in [1.82, 2.24) is 15.1 Å². The summed E-state index contributed by atoms with van der Waals surface area (Å²) in [5.41, 5.74) is 2.97. The standard InChI is InChI=1S/C27H24Br2ClN3O/c28-25-24(30)26(29)33(32-25)16-23(19-17-34-18-19)31-27(20-10-4-1-5-11-20,21-12-6-2-7-13-21)22-14-8-3-9-15-22/h1-15,19,23,31H,16-18H2. The summed E-state index contributed by atoms with van der Waals surface area (Å²) in [6.07, 6.45) is 0. The van der Waals surface area contributed by atoms with Crippen LogP contribution in [0.15, 0.2) is 100 Å². The number of rotatable bonds is 8. The maximum Gasteiger partial charge on any atom is 0.147 e. The fourth-order valence-electron chi connectivity index (χ4n) is 4.59. The molecule has 0 saturated carbocycles. The van der Waals surface area contributed by atoms with Crippen molar-refractivity contribution in [2.24, 2.45) is 5.92 Å². The zero-order valence-electron chi connectivity index (χ0n) is 18.4. The molecule has 34 heavy (non-hydrogen) atoms. The summed E-state index contributed by atoms with van der Waals surface area (Å²) in [5, 5.41) is 9.29. The average molecular weight is 602 g/mol. The van der Waals surface area contributed by atoms with Gasteiger partial charge in [-0.3, -0.25) is 10.00 Å². The van der Waals surface area contributed by atoms with Crippen LogP contribution in [0.25, 0.3) is 0 Å². The zero-order chi connectivity index (χ0) is 23.5.